The highest BCUT2D eigenvalue weighted by Gasteiger charge is 2.18. The van der Waals surface area contributed by atoms with E-state index >= 15 is 0 Å². The van der Waals surface area contributed by atoms with Crippen LogP contribution in [-0.2, 0) is 0 Å². The maximum absolute atomic E-state index is 2.38. The number of anilines is 3. The predicted octanol–water partition coefficient (Wildman–Crippen LogP) is 17.5. The molecule has 0 heterocycles. The van der Waals surface area contributed by atoms with E-state index in [-0.39, 0.29) is 0 Å². The summed E-state index contributed by atoms with van der Waals surface area (Å²) in [5.74, 6) is 0. The molecule has 1 nitrogen and oxygen atoms in total. The van der Waals surface area contributed by atoms with E-state index in [1.54, 1.807) is 0 Å². The molecule has 0 aromatic heterocycles. The minimum Gasteiger partial charge on any atom is -0.310 e. The molecule has 296 valence electrons. The molecule has 0 saturated carbocycles. The highest BCUT2D eigenvalue weighted by molar-refractivity contribution is 6.04. The molecule has 63 heavy (non-hydrogen) atoms. The van der Waals surface area contributed by atoms with Gasteiger partial charge in [-0.1, -0.05) is 212 Å². The molecule has 0 fully saturated rings. The number of nitrogens with zero attached hydrogens (tertiary/aromatic N) is 1. The zero-order valence-corrected chi connectivity index (χ0v) is 34.8. The van der Waals surface area contributed by atoms with Gasteiger partial charge in [0.25, 0.3) is 0 Å². The Morgan fingerprint density at radius 3 is 1.35 bits per heavy atom. The first kappa shape index (κ1) is 37.7. The third kappa shape index (κ3) is 7.47. The van der Waals surface area contributed by atoms with Gasteiger partial charge in [-0.2, -0.15) is 0 Å². The van der Waals surface area contributed by atoms with Crippen LogP contribution in [0.5, 0.6) is 0 Å². The van der Waals surface area contributed by atoms with Crippen LogP contribution in [0.15, 0.2) is 261 Å². The molecular weight excluding hydrogens is 759 g/mol. The Balaban J connectivity index is 1.02. The van der Waals surface area contributed by atoms with Crippen molar-refractivity contribution < 1.29 is 0 Å². The van der Waals surface area contributed by atoms with Crippen molar-refractivity contribution in [2.75, 3.05) is 4.90 Å². The Labute approximate surface area is 369 Å². The number of benzene rings is 11. The fourth-order valence-corrected chi connectivity index (χ4v) is 9.11. The average Bonchev–Trinajstić information content (AvgIpc) is 3.37. The van der Waals surface area contributed by atoms with Crippen LogP contribution in [-0.4, -0.2) is 0 Å². The lowest BCUT2D eigenvalue weighted by Gasteiger charge is -2.27. The fourth-order valence-electron chi connectivity index (χ4n) is 9.11. The number of fused-ring (bicyclic) bond motifs is 2. The molecule has 0 aliphatic carbocycles. The minimum atomic E-state index is 1.08. The summed E-state index contributed by atoms with van der Waals surface area (Å²) in [5, 5.41) is 4.95. The lowest BCUT2D eigenvalue weighted by atomic mass is 9.89. The standard InChI is InChI=1S/C62H43N/c1-4-16-46(17-5-1)58-39-34-54(43-61(58)48-20-8-3-9-21-48)45-29-35-55(36-30-45)63(57-25-14-24-52(42-57)53-28-27-44-15-10-11-23-51(44)41-53)56-37-31-50(32-38-56)62-59-26-13-12-22-49(59)33-40-60(62)47-18-6-2-7-19-47/h1-43H. The van der Waals surface area contributed by atoms with Gasteiger partial charge in [0.1, 0.15) is 0 Å². The molecule has 0 saturated heterocycles. The van der Waals surface area contributed by atoms with Gasteiger partial charge in [0.15, 0.2) is 0 Å². The zero-order chi connectivity index (χ0) is 42.0. The van der Waals surface area contributed by atoms with E-state index in [1.807, 2.05) is 0 Å². The molecule has 0 aliphatic rings. The summed E-state index contributed by atoms with van der Waals surface area (Å²) in [6.07, 6.45) is 0. The smallest absolute Gasteiger partial charge is 0.0467 e. The van der Waals surface area contributed by atoms with Gasteiger partial charge in [-0.3, -0.25) is 0 Å². The first-order valence-corrected chi connectivity index (χ1v) is 21.7. The van der Waals surface area contributed by atoms with Crippen LogP contribution in [0.25, 0.3) is 88.3 Å². The van der Waals surface area contributed by atoms with Gasteiger partial charge in [0.05, 0.1) is 0 Å². The highest BCUT2D eigenvalue weighted by Crippen LogP contribution is 2.43. The van der Waals surface area contributed by atoms with Crippen LogP contribution in [0.3, 0.4) is 0 Å². The molecule has 0 atom stereocenters. The molecule has 11 rings (SSSR count). The van der Waals surface area contributed by atoms with E-state index < -0.39 is 0 Å². The van der Waals surface area contributed by atoms with Crippen LogP contribution in [0.2, 0.25) is 0 Å². The van der Waals surface area contributed by atoms with Crippen LogP contribution >= 0.6 is 0 Å². The highest BCUT2D eigenvalue weighted by atomic mass is 15.1. The topological polar surface area (TPSA) is 3.24 Å². The second-order valence-corrected chi connectivity index (χ2v) is 16.1. The van der Waals surface area contributed by atoms with Crippen LogP contribution in [0.1, 0.15) is 0 Å². The first-order valence-electron chi connectivity index (χ1n) is 21.7. The Kier molecular flexibility index (Phi) is 9.97. The molecule has 0 spiro atoms. The van der Waals surface area contributed by atoms with E-state index in [2.05, 4.69) is 266 Å². The van der Waals surface area contributed by atoms with Gasteiger partial charge in [0.2, 0.25) is 0 Å². The largest absolute Gasteiger partial charge is 0.310 e. The molecular formula is C62H43N. The second kappa shape index (κ2) is 16.7. The van der Waals surface area contributed by atoms with Gasteiger partial charge in [-0.25, -0.2) is 0 Å². The van der Waals surface area contributed by atoms with Gasteiger partial charge in [-0.05, 0) is 137 Å². The zero-order valence-electron chi connectivity index (χ0n) is 34.8. The van der Waals surface area contributed by atoms with Crippen molar-refractivity contribution in [3.63, 3.8) is 0 Å². The normalized spacial score (nSPS) is 11.2. The van der Waals surface area contributed by atoms with Gasteiger partial charge >= 0.3 is 0 Å². The molecule has 0 aliphatic heterocycles. The van der Waals surface area contributed by atoms with E-state index in [0.29, 0.717) is 0 Å². The summed E-state index contributed by atoms with van der Waals surface area (Å²) >= 11 is 0. The Morgan fingerprint density at radius 2 is 0.667 bits per heavy atom. The Hall–Kier alpha value is -8.26. The number of hydrogen-bond acceptors (Lipinski definition) is 1. The van der Waals surface area contributed by atoms with E-state index in [1.165, 1.54) is 88.3 Å². The molecule has 0 radical (unpaired) electrons. The summed E-state index contributed by atoms with van der Waals surface area (Å²) in [6, 6.07) is 94.6. The van der Waals surface area contributed by atoms with Crippen molar-refractivity contribution in [2.45, 2.75) is 0 Å². The summed E-state index contributed by atoms with van der Waals surface area (Å²) < 4.78 is 0. The van der Waals surface area contributed by atoms with E-state index in [9.17, 15) is 0 Å². The van der Waals surface area contributed by atoms with Gasteiger partial charge in [-0.15, -0.1) is 0 Å². The van der Waals surface area contributed by atoms with Crippen molar-refractivity contribution in [1.82, 2.24) is 0 Å². The Morgan fingerprint density at radius 1 is 0.206 bits per heavy atom. The third-order valence-corrected chi connectivity index (χ3v) is 12.3. The van der Waals surface area contributed by atoms with Crippen LogP contribution in [0, 0.1) is 0 Å². The number of hydrogen-bond donors (Lipinski definition) is 0. The third-order valence-electron chi connectivity index (χ3n) is 12.3. The van der Waals surface area contributed by atoms with Crippen molar-refractivity contribution >= 4 is 38.6 Å². The SMILES string of the molecule is c1ccc(-c2ccc(-c3ccc(N(c4ccc(-c5c(-c6ccccc6)ccc6ccccc56)cc4)c4cccc(-c5ccc6ccccc6c5)c4)cc3)cc2-c2ccccc2)cc1. The van der Waals surface area contributed by atoms with Gasteiger partial charge in [0, 0.05) is 17.1 Å². The van der Waals surface area contributed by atoms with Crippen molar-refractivity contribution in [2.24, 2.45) is 0 Å². The monoisotopic (exact) mass is 801 g/mol. The molecule has 0 bridgehead atoms. The summed E-state index contributed by atoms with van der Waals surface area (Å²) in [6.45, 7) is 0. The molecule has 1 heteroatoms. The predicted molar refractivity (Wildman–Crippen MR) is 269 cm³/mol. The lowest BCUT2D eigenvalue weighted by molar-refractivity contribution is 1.28. The maximum atomic E-state index is 2.38. The van der Waals surface area contributed by atoms with Crippen LogP contribution < -0.4 is 4.90 Å². The summed E-state index contributed by atoms with van der Waals surface area (Å²) in [7, 11) is 0. The lowest BCUT2D eigenvalue weighted by Crippen LogP contribution is -2.10. The van der Waals surface area contributed by atoms with Gasteiger partial charge < -0.3 is 4.90 Å². The first-order chi connectivity index (χ1) is 31.2. The van der Waals surface area contributed by atoms with Crippen molar-refractivity contribution in [3.05, 3.63) is 261 Å². The molecule has 11 aromatic rings. The maximum Gasteiger partial charge on any atom is 0.0467 e. The molecule has 0 amide bonds. The second-order valence-electron chi connectivity index (χ2n) is 16.1. The fraction of sp³-hybridized carbons (Fsp3) is 0. The molecule has 0 unspecified atom stereocenters. The summed E-state index contributed by atoms with van der Waals surface area (Å²) in [4.78, 5) is 2.38. The molecule has 11 aromatic carbocycles. The quantitative estimate of drug-likeness (QED) is 0.141. The van der Waals surface area contributed by atoms with Crippen molar-refractivity contribution in [1.29, 1.82) is 0 Å². The number of rotatable bonds is 9. The van der Waals surface area contributed by atoms with Crippen molar-refractivity contribution in [3.8, 4) is 66.8 Å². The van der Waals surface area contributed by atoms with E-state index in [4.69, 9.17) is 0 Å². The Bertz CT molecular complexity index is 3350. The summed E-state index contributed by atoms with van der Waals surface area (Å²) in [5.41, 5.74) is 17.7. The minimum absolute atomic E-state index is 1.08. The average molecular weight is 802 g/mol. The molecule has 0 N–H and O–H groups in total. The van der Waals surface area contributed by atoms with E-state index in [0.717, 1.165) is 17.1 Å². The van der Waals surface area contributed by atoms with Crippen LogP contribution in [0.4, 0.5) is 17.1 Å².